The Morgan fingerprint density at radius 3 is 2.69 bits per heavy atom. The van der Waals surface area contributed by atoms with Crippen LogP contribution in [0.3, 0.4) is 0 Å². The number of fused-ring (bicyclic) bond motifs is 1. The van der Waals surface area contributed by atoms with Crippen molar-refractivity contribution in [3.05, 3.63) is 59.7 Å². The smallest absolute Gasteiger partial charge is 0.410 e. The second kappa shape index (κ2) is 9.23. The first-order valence-electron chi connectivity index (χ1n) is 11.5. The third kappa shape index (κ3) is 5.23. The van der Waals surface area contributed by atoms with Gasteiger partial charge in [-0.05, 0) is 69.7 Å². The van der Waals surface area contributed by atoms with Gasteiger partial charge in [0.25, 0.3) is 0 Å². The number of piperidine rings is 1. The van der Waals surface area contributed by atoms with E-state index >= 15 is 0 Å². The Morgan fingerprint density at radius 2 is 1.91 bits per heavy atom. The van der Waals surface area contributed by atoms with Crippen molar-refractivity contribution < 1.29 is 9.53 Å². The summed E-state index contributed by atoms with van der Waals surface area (Å²) >= 11 is 0. The number of carbonyl (C=O) groups is 1. The molecule has 1 amide bonds. The van der Waals surface area contributed by atoms with Crippen molar-refractivity contribution in [1.82, 2.24) is 14.5 Å². The van der Waals surface area contributed by atoms with Crippen molar-refractivity contribution in [3.8, 4) is 0 Å². The van der Waals surface area contributed by atoms with E-state index in [2.05, 4.69) is 59.3 Å². The molecule has 1 fully saturated rings. The van der Waals surface area contributed by atoms with Crippen LogP contribution in [0.5, 0.6) is 0 Å². The van der Waals surface area contributed by atoms with Crippen LogP contribution in [0, 0.1) is 12.8 Å². The zero-order valence-corrected chi connectivity index (χ0v) is 19.6. The number of aryl methyl sites for hydroxylation is 1. The summed E-state index contributed by atoms with van der Waals surface area (Å²) in [7, 11) is 0. The van der Waals surface area contributed by atoms with Gasteiger partial charge in [0.2, 0.25) is 5.95 Å². The highest BCUT2D eigenvalue weighted by Crippen LogP contribution is 2.24. The lowest BCUT2D eigenvalue weighted by atomic mass is 9.98. The average Bonchev–Trinajstić information content (AvgIpc) is 3.10. The number of amides is 1. The number of hydrogen-bond acceptors (Lipinski definition) is 4. The molecule has 170 valence electrons. The molecule has 2 aromatic carbocycles. The van der Waals surface area contributed by atoms with Gasteiger partial charge in [0.15, 0.2) is 0 Å². The van der Waals surface area contributed by atoms with E-state index in [1.807, 2.05) is 31.7 Å². The molecule has 4 rings (SSSR count). The van der Waals surface area contributed by atoms with Crippen molar-refractivity contribution in [3.63, 3.8) is 0 Å². The van der Waals surface area contributed by atoms with Crippen molar-refractivity contribution in [2.75, 3.05) is 25.0 Å². The highest BCUT2D eigenvalue weighted by atomic mass is 16.6. The Hall–Kier alpha value is -3.02. The third-order valence-electron chi connectivity index (χ3n) is 5.96. The lowest BCUT2D eigenvalue weighted by molar-refractivity contribution is 0.0172. The predicted molar refractivity (Wildman–Crippen MR) is 129 cm³/mol. The summed E-state index contributed by atoms with van der Waals surface area (Å²) in [6.45, 7) is 10.9. The molecule has 2 heterocycles. The van der Waals surface area contributed by atoms with Gasteiger partial charge in [0, 0.05) is 19.6 Å². The average molecular weight is 435 g/mol. The van der Waals surface area contributed by atoms with Crippen LogP contribution in [-0.4, -0.2) is 45.8 Å². The molecule has 1 saturated heterocycles. The maximum absolute atomic E-state index is 12.5. The summed E-state index contributed by atoms with van der Waals surface area (Å²) in [6, 6.07) is 16.7. The van der Waals surface area contributed by atoms with Crippen LogP contribution in [0.4, 0.5) is 10.7 Å². The minimum Gasteiger partial charge on any atom is -0.444 e. The monoisotopic (exact) mass is 434 g/mol. The zero-order chi connectivity index (χ0) is 22.7. The number of ether oxygens (including phenoxy) is 1. The van der Waals surface area contributed by atoms with Gasteiger partial charge in [-0.25, -0.2) is 9.78 Å². The van der Waals surface area contributed by atoms with Crippen LogP contribution < -0.4 is 5.32 Å². The first-order chi connectivity index (χ1) is 15.3. The largest absolute Gasteiger partial charge is 0.444 e. The topological polar surface area (TPSA) is 59.4 Å². The number of imidazole rings is 1. The molecule has 32 heavy (non-hydrogen) atoms. The van der Waals surface area contributed by atoms with Gasteiger partial charge in [-0.15, -0.1) is 0 Å². The number of anilines is 1. The summed E-state index contributed by atoms with van der Waals surface area (Å²) < 4.78 is 7.83. The SMILES string of the molecule is Cc1ccccc1Cn1c(NC[C@H]2CCCN(C(=O)OC(C)(C)C)C2)nc2ccccc21. The van der Waals surface area contributed by atoms with E-state index in [0.717, 1.165) is 49.5 Å². The second-order valence-corrected chi connectivity index (χ2v) is 9.75. The number of rotatable bonds is 5. The van der Waals surface area contributed by atoms with Gasteiger partial charge in [-0.1, -0.05) is 36.4 Å². The Morgan fingerprint density at radius 1 is 1.16 bits per heavy atom. The van der Waals surface area contributed by atoms with Crippen LogP contribution >= 0.6 is 0 Å². The number of benzene rings is 2. The fourth-order valence-electron chi connectivity index (χ4n) is 4.29. The van der Waals surface area contributed by atoms with Gasteiger partial charge in [0.1, 0.15) is 5.60 Å². The quantitative estimate of drug-likeness (QED) is 0.580. The maximum Gasteiger partial charge on any atom is 0.410 e. The van der Waals surface area contributed by atoms with Crippen molar-refractivity contribution in [2.24, 2.45) is 5.92 Å². The minimum atomic E-state index is -0.470. The van der Waals surface area contributed by atoms with E-state index in [9.17, 15) is 4.79 Å². The minimum absolute atomic E-state index is 0.214. The van der Waals surface area contributed by atoms with Gasteiger partial charge >= 0.3 is 6.09 Å². The Labute approximate surface area is 190 Å². The maximum atomic E-state index is 12.5. The summed E-state index contributed by atoms with van der Waals surface area (Å²) in [4.78, 5) is 19.2. The fraction of sp³-hybridized carbons (Fsp3) is 0.462. The molecule has 1 atom stereocenters. The van der Waals surface area contributed by atoms with E-state index < -0.39 is 5.60 Å². The normalized spacial score (nSPS) is 16.9. The van der Waals surface area contributed by atoms with E-state index in [1.165, 1.54) is 11.1 Å². The molecule has 3 aromatic rings. The molecule has 6 nitrogen and oxygen atoms in total. The molecular weight excluding hydrogens is 400 g/mol. The van der Waals surface area contributed by atoms with E-state index in [-0.39, 0.29) is 6.09 Å². The van der Waals surface area contributed by atoms with E-state index in [4.69, 9.17) is 9.72 Å². The predicted octanol–water partition coefficient (Wildman–Crippen LogP) is 5.45. The number of likely N-dealkylation sites (tertiary alicyclic amines) is 1. The van der Waals surface area contributed by atoms with Crippen molar-refractivity contribution in [1.29, 1.82) is 0 Å². The molecule has 1 aliphatic heterocycles. The van der Waals surface area contributed by atoms with Crippen molar-refractivity contribution >= 4 is 23.1 Å². The summed E-state index contributed by atoms with van der Waals surface area (Å²) in [5.74, 6) is 1.24. The van der Waals surface area contributed by atoms with Gasteiger partial charge in [-0.2, -0.15) is 0 Å². The van der Waals surface area contributed by atoms with Crippen molar-refractivity contribution in [2.45, 2.75) is 52.7 Å². The van der Waals surface area contributed by atoms with E-state index in [1.54, 1.807) is 0 Å². The van der Waals surface area contributed by atoms with Crippen LogP contribution in [0.1, 0.15) is 44.7 Å². The third-order valence-corrected chi connectivity index (χ3v) is 5.96. The van der Waals surface area contributed by atoms with Crippen LogP contribution in [0.15, 0.2) is 48.5 Å². The van der Waals surface area contributed by atoms with Gasteiger partial charge in [0.05, 0.1) is 17.6 Å². The lowest BCUT2D eigenvalue weighted by Crippen LogP contribution is -2.44. The summed E-state index contributed by atoms with van der Waals surface area (Å²) in [5, 5.41) is 3.59. The number of nitrogens with zero attached hydrogens (tertiary/aromatic N) is 3. The fourth-order valence-corrected chi connectivity index (χ4v) is 4.29. The Bertz CT molecular complexity index is 1080. The molecule has 1 N–H and O–H groups in total. The number of nitrogens with one attached hydrogen (secondary N) is 1. The first kappa shape index (κ1) is 22.2. The second-order valence-electron chi connectivity index (χ2n) is 9.75. The highest BCUT2D eigenvalue weighted by Gasteiger charge is 2.27. The van der Waals surface area contributed by atoms with Crippen LogP contribution in [0.2, 0.25) is 0 Å². The number of hydrogen-bond donors (Lipinski definition) is 1. The molecule has 0 unspecified atom stereocenters. The standard InChI is InChI=1S/C26H34N4O2/c1-19-10-5-6-12-21(19)18-30-23-14-8-7-13-22(23)28-24(30)27-16-20-11-9-15-29(17-20)25(31)32-26(2,3)4/h5-8,10,12-14,20H,9,11,15-18H2,1-4H3,(H,27,28)/t20-/m1/s1. The number of para-hydroxylation sites is 2. The first-order valence-corrected chi connectivity index (χ1v) is 11.5. The molecule has 0 spiro atoms. The molecule has 1 aliphatic rings. The molecule has 6 heteroatoms. The Kier molecular flexibility index (Phi) is 6.40. The molecule has 0 aliphatic carbocycles. The van der Waals surface area contributed by atoms with E-state index in [0.29, 0.717) is 12.5 Å². The summed E-state index contributed by atoms with van der Waals surface area (Å²) in [6.07, 6.45) is 1.87. The number of aromatic nitrogens is 2. The lowest BCUT2D eigenvalue weighted by Gasteiger charge is -2.34. The Balaban J connectivity index is 1.48. The summed E-state index contributed by atoms with van der Waals surface area (Å²) in [5.41, 5.74) is 4.20. The van der Waals surface area contributed by atoms with Gasteiger partial charge < -0.3 is 19.5 Å². The van der Waals surface area contributed by atoms with Gasteiger partial charge in [-0.3, -0.25) is 0 Å². The zero-order valence-electron chi connectivity index (χ0n) is 19.6. The number of carbonyl (C=O) groups excluding carboxylic acids is 1. The molecule has 0 radical (unpaired) electrons. The van der Waals surface area contributed by atoms with Crippen LogP contribution in [-0.2, 0) is 11.3 Å². The molecule has 1 aromatic heterocycles. The highest BCUT2D eigenvalue weighted by molar-refractivity contribution is 5.78. The molecule has 0 bridgehead atoms. The molecule has 0 saturated carbocycles. The molecular formula is C26H34N4O2. The van der Waals surface area contributed by atoms with Crippen LogP contribution in [0.25, 0.3) is 11.0 Å².